The molecule has 0 heterocycles. The van der Waals surface area contributed by atoms with Crippen LogP contribution in [-0.4, -0.2) is 33.2 Å². The van der Waals surface area contributed by atoms with E-state index in [0.29, 0.717) is 23.7 Å². The van der Waals surface area contributed by atoms with E-state index in [2.05, 4.69) is 30.4 Å². The molecule has 1 atom stereocenters. The van der Waals surface area contributed by atoms with Gasteiger partial charge in [-0.3, -0.25) is 9.10 Å². The van der Waals surface area contributed by atoms with Gasteiger partial charge < -0.3 is 5.32 Å². The predicted octanol–water partition coefficient (Wildman–Crippen LogP) is 4.25. The van der Waals surface area contributed by atoms with Gasteiger partial charge in [0.25, 0.3) is 0 Å². The second-order valence-electron chi connectivity index (χ2n) is 7.30. The highest BCUT2D eigenvalue weighted by atomic mass is 35.5. The Morgan fingerprint density at radius 2 is 1.90 bits per heavy atom. The van der Waals surface area contributed by atoms with Crippen molar-refractivity contribution in [1.29, 1.82) is 0 Å². The molecule has 0 bridgehead atoms. The zero-order valence-electron chi connectivity index (χ0n) is 17.4. The van der Waals surface area contributed by atoms with Crippen molar-refractivity contribution in [2.24, 2.45) is 0 Å². The van der Waals surface area contributed by atoms with Crippen LogP contribution >= 0.6 is 11.6 Å². The number of benzene rings is 2. The van der Waals surface area contributed by atoms with E-state index in [9.17, 15) is 13.2 Å². The van der Waals surface area contributed by atoms with Crippen molar-refractivity contribution in [1.82, 2.24) is 5.32 Å². The average molecular weight is 437 g/mol. The molecule has 0 radical (unpaired) electrons. The van der Waals surface area contributed by atoms with Gasteiger partial charge in [-0.15, -0.1) is 0 Å². The molecule has 0 saturated heterocycles. The van der Waals surface area contributed by atoms with Gasteiger partial charge in [-0.1, -0.05) is 54.4 Å². The number of sulfonamides is 1. The average Bonchev–Trinajstić information content (AvgIpc) is 2.64. The topological polar surface area (TPSA) is 66.5 Å². The molecule has 0 aromatic heterocycles. The van der Waals surface area contributed by atoms with E-state index in [1.54, 1.807) is 32.0 Å². The number of anilines is 1. The lowest BCUT2D eigenvalue weighted by atomic mass is 10.1. The summed E-state index contributed by atoms with van der Waals surface area (Å²) in [5, 5.41) is 3.32. The Hall–Kier alpha value is -2.05. The third kappa shape index (κ3) is 6.47. The maximum absolute atomic E-state index is 12.8. The van der Waals surface area contributed by atoms with Crippen molar-refractivity contribution in [2.45, 2.75) is 46.1 Å². The Labute approximate surface area is 179 Å². The number of aryl methyl sites for hydroxylation is 3. The summed E-state index contributed by atoms with van der Waals surface area (Å²) in [4.78, 5) is 12.8. The van der Waals surface area contributed by atoms with E-state index >= 15 is 0 Å². The first kappa shape index (κ1) is 23.2. The van der Waals surface area contributed by atoms with E-state index in [4.69, 9.17) is 11.6 Å². The van der Waals surface area contributed by atoms with Gasteiger partial charge in [-0.25, -0.2) is 8.42 Å². The Balaban J connectivity index is 2.11. The fourth-order valence-corrected chi connectivity index (χ4v) is 4.77. The summed E-state index contributed by atoms with van der Waals surface area (Å²) in [7, 11) is -3.68. The lowest BCUT2D eigenvalue weighted by Crippen LogP contribution is -2.49. The molecule has 0 aliphatic carbocycles. The highest BCUT2D eigenvalue weighted by Crippen LogP contribution is 2.29. The van der Waals surface area contributed by atoms with E-state index in [0.717, 1.165) is 24.7 Å². The molecular weight excluding hydrogens is 408 g/mol. The van der Waals surface area contributed by atoms with Gasteiger partial charge in [0.15, 0.2) is 0 Å². The van der Waals surface area contributed by atoms with Gasteiger partial charge in [-0.2, -0.15) is 0 Å². The molecule has 2 rings (SSSR count). The largest absolute Gasteiger partial charge is 0.354 e. The van der Waals surface area contributed by atoms with Crippen molar-refractivity contribution in [3.63, 3.8) is 0 Å². The van der Waals surface area contributed by atoms with Crippen LogP contribution in [0.25, 0.3) is 0 Å². The third-order valence-electron chi connectivity index (χ3n) is 4.76. The number of hydrogen-bond acceptors (Lipinski definition) is 3. The Morgan fingerprint density at radius 3 is 2.52 bits per heavy atom. The molecule has 158 valence electrons. The summed E-state index contributed by atoms with van der Waals surface area (Å²) < 4.78 is 26.3. The number of hydrogen-bond donors (Lipinski definition) is 1. The Bertz CT molecular complexity index is 960. The fourth-order valence-electron chi connectivity index (χ4n) is 3.34. The van der Waals surface area contributed by atoms with Gasteiger partial charge in [0.1, 0.15) is 6.04 Å². The van der Waals surface area contributed by atoms with Gasteiger partial charge >= 0.3 is 0 Å². The SMILES string of the molecule is CC[C@H](C(=O)NCCCc1cccc(C)c1)N(c1cc(Cl)ccc1C)S(C)(=O)=O. The van der Waals surface area contributed by atoms with Crippen molar-refractivity contribution >= 4 is 33.2 Å². The van der Waals surface area contributed by atoms with Crippen molar-refractivity contribution in [3.8, 4) is 0 Å². The standard InChI is InChI=1S/C22H29ClN2O3S/c1-5-20(22(26)24-13-7-10-18-9-6-8-16(2)14-18)25(29(4,27)28)21-15-19(23)12-11-17(21)3/h6,8-9,11-12,14-15,20H,5,7,10,13H2,1-4H3,(H,24,26)/t20-/m1/s1. The zero-order valence-corrected chi connectivity index (χ0v) is 19.0. The van der Waals surface area contributed by atoms with Crippen LogP contribution in [0.4, 0.5) is 5.69 Å². The van der Waals surface area contributed by atoms with Crippen LogP contribution in [0.2, 0.25) is 5.02 Å². The smallest absolute Gasteiger partial charge is 0.243 e. The van der Waals surface area contributed by atoms with E-state index < -0.39 is 16.1 Å². The van der Waals surface area contributed by atoms with Gasteiger partial charge in [0.05, 0.1) is 11.9 Å². The van der Waals surface area contributed by atoms with Gasteiger partial charge in [-0.05, 0) is 56.4 Å². The molecular formula is C22H29ClN2O3S. The first-order valence-electron chi connectivity index (χ1n) is 9.72. The van der Waals surface area contributed by atoms with E-state index in [1.165, 1.54) is 15.4 Å². The first-order valence-corrected chi connectivity index (χ1v) is 11.9. The third-order valence-corrected chi connectivity index (χ3v) is 6.16. The molecule has 7 heteroatoms. The summed E-state index contributed by atoms with van der Waals surface area (Å²) in [6.45, 7) is 6.13. The molecule has 0 saturated carbocycles. The zero-order chi connectivity index (χ0) is 21.6. The van der Waals surface area contributed by atoms with Gasteiger partial charge in [0.2, 0.25) is 15.9 Å². The quantitative estimate of drug-likeness (QED) is 0.597. The number of carbonyl (C=O) groups excluding carboxylic acids is 1. The molecule has 2 aromatic rings. The van der Waals surface area contributed by atoms with Crippen molar-refractivity contribution < 1.29 is 13.2 Å². The van der Waals surface area contributed by atoms with E-state index in [-0.39, 0.29) is 5.91 Å². The van der Waals surface area contributed by atoms with Crippen LogP contribution in [0.1, 0.15) is 36.5 Å². The number of nitrogens with zero attached hydrogens (tertiary/aromatic N) is 1. The predicted molar refractivity (Wildman–Crippen MR) is 120 cm³/mol. The highest BCUT2D eigenvalue weighted by molar-refractivity contribution is 7.92. The molecule has 0 aliphatic rings. The minimum absolute atomic E-state index is 0.304. The van der Waals surface area contributed by atoms with Crippen molar-refractivity contribution in [3.05, 3.63) is 64.2 Å². The number of halogens is 1. The maximum atomic E-state index is 12.8. The molecule has 0 spiro atoms. The number of nitrogens with one attached hydrogen (secondary N) is 1. The van der Waals surface area contributed by atoms with Crippen LogP contribution in [0.15, 0.2) is 42.5 Å². The number of rotatable bonds is 9. The van der Waals surface area contributed by atoms with Gasteiger partial charge in [0, 0.05) is 11.6 Å². The molecule has 1 N–H and O–H groups in total. The molecule has 0 aliphatic heterocycles. The Kier molecular flexibility index (Phi) is 8.11. The lowest BCUT2D eigenvalue weighted by molar-refractivity contribution is -0.122. The number of amides is 1. The van der Waals surface area contributed by atoms with Crippen molar-refractivity contribution in [2.75, 3.05) is 17.1 Å². The highest BCUT2D eigenvalue weighted by Gasteiger charge is 2.32. The Morgan fingerprint density at radius 1 is 1.17 bits per heavy atom. The summed E-state index contributed by atoms with van der Waals surface area (Å²) in [6.07, 6.45) is 3.09. The summed E-state index contributed by atoms with van der Waals surface area (Å²) >= 11 is 6.09. The van der Waals surface area contributed by atoms with Crippen LogP contribution in [0.5, 0.6) is 0 Å². The summed E-state index contributed by atoms with van der Waals surface area (Å²) in [6, 6.07) is 12.5. The van der Waals surface area contributed by atoms with E-state index in [1.807, 2.05) is 6.07 Å². The van der Waals surface area contributed by atoms with Crippen LogP contribution in [-0.2, 0) is 21.2 Å². The molecule has 2 aromatic carbocycles. The molecule has 1 amide bonds. The molecule has 5 nitrogen and oxygen atoms in total. The molecule has 29 heavy (non-hydrogen) atoms. The first-order chi connectivity index (χ1) is 13.6. The summed E-state index contributed by atoms with van der Waals surface area (Å²) in [5.74, 6) is -0.304. The van der Waals surface area contributed by atoms with Crippen LogP contribution in [0, 0.1) is 13.8 Å². The normalized spacial score (nSPS) is 12.4. The summed E-state index contributed by atoms with van der Waals surface area (Å²) in [5.41, 5.74) is 3.60. The minimum atomic E-state index is -3.68. The monoisotopic (exact) mass is 436 g/mol. The number of carbonyl (C=O) groups is 1. The molecule has 0 fully saturated rings. The van der Waals surface area contributed by atoms with Crippen LogP contribution in [0.3, 0.4) is 0 Å². The van der Waals surface area contributed by atoms with Crippen LogP contribution < -0.4 is 9.62 Å². The second kappa shape index (κ2) is 10.1. The fraction of sp³-hybridized carbons (Fsp3) is 0.409. The lowest BCUT2D eigenvalue weighted by Gasteiger charge is -2.31. The maximum Gasteiger partial charge on any atom is 0.243 e. The molecule has 0 unspecified atom stereocenters. The second-order valence-corrected chi connectivity index (χ2v) is 9.59. The minimum Gasteiger partial charge on any atom is -0.354 e.